The Bertz CT molecular complexity index is 1730. The second-order valence-corrected chi connectivity index (χ2v) is 11.9. The number of pyridine rings is 1. The third kappa shape index (κ3) is 15.0. The molecule has 0 saturated carbocycles. The molecule has 1 heterocycles. The summed E-state index contributed by atoms with van der Waals surface area (Å²) in [5.41, 5.74) is 4.84. The molecular formula is C42H54ClN3O6. The lowest BCUT2D eigenvalue weighted by Crippen LogP contribution is -2.33. The van der Waals surface area contributed by atoms with Gasteiger partial charge in [-0.2, -0.15) is 5.26 Å². The van der Waals surface area contributed by atoms with Gasteiger partial charge in [-0.3, -0.25) is 9.78 Å². The van der Waals surface area contributed by atoms with E-state index in [1.807, 2.05) is 118 Å². The lowest BCUT2D eigenvalue weighted by molar-refractivity contribution is 0.0525. The number of aldehydes is 1. The Morgan fingerprint density at radius 3 is 2.27 bits per heavy atom. The van der Waals surface area contributed by atoms with Crippen LogP contribution >= 0.6 is 11.6 Å². The average Bonchev–Trinajstić information content (AvgIpc) is 3.16. The molecule has 280 valence electrons. The quantitative estimate of drug-likeness (QED) is 0.107. The van der Waals surface area contributed by atoms with E-state index in [1.165, 1.54) is 12.3 Å². The van der Waals surface area contributed by atoms with E-state index in [0.717, 1.165) is 28.0 Å². The van der Waals surface area contributed by atoms with Crippen LogP contribution in [0.2, 0.25) is 5.02 Å². The van der Waals surface area contributed by atoms with Crippen molar-refractivity contribution in [3.8, 4) is 34.4 Å². The normalized spacial score (nSPS) is 9.96. The number of aromatic nitrogens is 1. The molecule has 0 aliphatic carbocycles. The van der Waals surface area contributed by atoms with Crippen molar-refractivity contribution in [2.75, 3.05) is 13.2 Å². The number of carbonyl (C=O) groups excluding carboxylic acids is 2. The van der Waals surface area contributed by atoms with E-state index >= 15 is 0 Å². The van der Waals surface area contributed by atoms with Gasteiger partial charge in [-0.1, -0.05) is 83.5 Å². The third-order valence-corrected chi connectivity index (χ3v) is 7.04. The predicted molar refractivity (Wildman–Crippen MR) is 209 cm³/mol. The highest BCUT2D eigenvalue weighted by Crippen LogP contribution is 2.34. The molecule has 4 aromatic rings. The molecular weight excluding hydrogens is 678 g/mol. The van der Waals surface area contributed by atoms with Gasteiger partial charge in [0.1, 0.15) is 42.1 Å². The van der Waals surface area contributed by atoms with Crippen molar-refractivity contribution in [3.05, 3.63) is 106 Å². The van der Waals surface area contributed by atoms with Crippen LogP contribution in [0, 0.1) is 18.3 Å². The molecule has 1 amide bonds. The highest BCUT2D eigenvalue weighted by Gasteiger charge is 2.16. The van der Waals surface area contributed by atoms with Gasteiger partial charge >= 0.3 is 6.09 Å². The van der Waals surface area contributed by atoms with Crippen LogP contribution in [0.4, 0.5) is 4.79 Å². The van der Waals surface area contributed by atoms with Gasteiger partial charge in [0.25, 0.3) is 0 Å². The van der Waals surface area contributed by atoms with Gasteiger partial charge in [-0.05, 0) is 80.6 Å². The number of nitrogens with one attached hydrogen (secondary N) is 1. The maximum absolute atomic E-state index is 11.8. The molecule has 0 bridgehead atoms. The number of hydrogen-bond acceptors (Lipinski definition) is 8. The Kier molecular flexibility index (Phi) is 20.9. The van der Waals surface area contributed by atoms with Crippen molar-refractivity contribution >= 4 is 24.0 Å². The summed E-state index contributed by atoms with van der Waals surface area (Å²) in [5, 5.41) is 12.1. The molecule has 0 atom stereocenters. The number of amides is 1. The molecule has 0 saturated heterocycles. The van der Waals surface area contributed by atoms with E-state index in [0.29, 0.717) is 48.5 Å². The minimum absolute atomic E-state index is 0.108. The molecule has 0 spiro atoms. The van der Waals surface area contributed by atoms with E-state index in [1.54, 1.807) is 18.3 Å². The van der Waals surface area contributed by atoms with Gasteiger partial charge in [-0.15, -0.1) is 0 Å². The molecule has 0 radical (unpaired) electrons. The monoisotopic (exact) mass is 731 g/mol. The molecule has 0 aliphatic rings. The molecule has 0 aliphatic heterocycles. The van der Waals surface area contributed by atoms with Crippen molar-refractivity contribution in [2.24, 2.45) is 0 Å². The van der Waals surface area contributed by atoms with Crippen LogP contribution in [0.15, 0.2) is 73.1 Å². The summed E-state index contributed by atoms with van der Waals surface area (Å²) in [6, 6.07) is 20.6. The number of nitrogens with zero attached hydrogens (tertiary/aromatic N) is 2. The average molecular weight is 732 g/mol. The second-order valence-electron chi connectivity index (χ2n) is 11.5. The Labute approximate surface area is 315 Å². The molecule has 1 aromatic heterocycles. The van der Waals surface area contributed by atoms with Crippen molar-refractivity contribution < 1.29 is 28.5 Å². The molecule has 52 heavy (non-hydrogen) atoms. The standard InChI is InChI=1S/C36H36ClN3O6.3C2H6/c1-24-28(23-45-34-17-33(29(21-41)16-32(34)37)44-22-26-14-25(18-38)19-39-20-26)9-6-11-31(24)27-8-5-10-30(15-27)43-13-7-12-40-35(42)46-36(2,3)4;3*1-2/h5-6,8-11,14-17,19-21H,7,12-13,22-23H2,1-4H3,(H,40,42);3*1-2H3. The molecule has 1 N–H and O–H groups in total. The zero-order chi connectivity index (χ0) is 39.1. The van der Waals surface area contributed by atoms with Crippen LogP contribution in [-0.2, 0) is 18.0 Å². The predicted octanol–water partition coefficient (Wildman–Crippen LogP) is 10.9. The summed E-state index contributed by atoms with van der Waals surface area (Å²) >= 11 is 6.46. The van der Waals surface area contributed by atoms with Gasteiger partial charge < -0.3 is 24.3 Å². The third-order valence-electron chi connectivity index (χ3n) is 6.74. The molecule has 3 aromatic carbocycles. The highest BCUT2D eigenvalue weighted by atomic mass is 35.5. The van der Waals surface area contributed by atoms with Gasteiger partial charge in [-0.25, -0.2) is 4.79 Å². The summed E-state index contributed by atoms with van der Waals surface area (Å²) in [4.78, 5) is 27.6. The van der Waals surface area contributed by atoms with Gasteiger partial charge in [0, 0.05) is 30.6 Å². The smallest absolute Gasteiger partial charge is 0.407 e. The molecule has 0 unspecified atom stereocenters. The largest absolute Gasteiger partial charge is 0.494 e. The Morgan fingerprint density at radius 1 is 0.904 bits per heavy atom. The van der Waals surface area contributed by atoms with Crippen LogP contribution in [0.1, 0.15) is 101 Å². The van der Waals surface area contributed by atoms with Crippen molar-refractivity contribution in [1.29, 1.82) is 5.26 Å². The first kappa shape index (κ1) is 45.0. The number of hydrogen-bond donors (Lipinski definition) is 1. The Balaban J connectivity index is 0.00000214. The summed E-state index contributed by atoms with van der Waals surface area (Å²) in [6.45, 7) is 20.7. The fraction of sp³-hybridized carbons (Fsp3) is 0.381. The van der Waals surface area contributed by atoms with Crippen molar-refractivity contribution in [3.63, 3.8) is 0 Å². The lowest BCUT2D eigenvalue weighted by atomic mass is 9.96. The van der Waals surface area contributed by atoms with Crippen molar-refractivity contribution in [2.45, 2.75) is 94.5 Å². The number of carbonyl (C=O) groups is 2. The summed E-state index contributed by atoms with van der Waals surface area (Å²) in [7, 11) is 0. The number of alkyl carbamates (subject to hydrolysis) is 1. The van der Waals surface area contributed by atoms with Crippen LogP contribution in [0.5, 0.6) is 17.2 Å². The zero-order valence-corrected chi connectivity index (χ0v) is 33.0. The second kappa shape index (κ2) is 24.2. The van der Waals surface area contributed by atoms with E-state index in [-0.39, 0.29) is 23.8 Å². The molecule has 4 rings (SSSR count). The minimum Gasteiger partial charge on any atom is -0.494 e. The van der Waals surface area contributed by atoms with Gasteiger partial charge in [0.15, 0.2) is 6.29 Å². The number of halogens is 1. The van der Waals surface area contributed by atoms with Crippen LogP contribution in [0.3, 0.4) is 0 Å². The number of benzene rings is 3. The van der Waals surface area contributed by atoms with E-state index in [4.69, 9.17) is 35.8 Å². The zero-order valence-electron chi connectivity index (χ0n) is 32.3. The van der Waals surface area contributed by atoms with E-state index in [2.05, 4.69) is 10.3 Å². The van der Waals surface area contributed by atoms with Gasteiger partial charge in [0.05, 0.1) is 22.8 Å². The van der Waals surface area contributed by atoms with E-state index < -0.39 is 11.7 Å². The molecule has 0 fully saturated rings. The fourth-order valence-electron chi connectivity index (χ4n) is 4.49. The maximum atomic E-state index is 11.8. The lowest BCUT2D eigenvalue weighted by Gasteiger charge is -2.19. The van der Waals surface area contributed by atoms with E-state index in [9.17, 15) is 9.59 Å². The molecule has 10 heteroatoms. The van der Waals surface area contributed by atoms with Gasteiger partial charge in [0.2, 0.25) is 0 Å². The minimum atomic E-state index is -0.539. The topological polar surface area (TPSA) is 120 Å². The number of nitriles is 1. The first-order valence-corrected chi connectivity index (χ1v) is 18.1. The Hall–Kier alpha value is -5.07. The number of ether oxygens (including phenoxy) is 4. The van der Waals surface area contributed by atoms with Crippen molar-refractivity contribution in [1.82, 2.24) is 10.3 Å². The SMILES string of the molecule is CC.CC.CC.Cc1c(COc2cc(OCc3cncc(C#N)c3)c(C=O)cc2Cl)cccc1-c1cccc(OCCCNC(=O)OC(C)(C)C)c1. The van der Waals surface area contributed by atoms with Crippen LogP contribution < -0.4 is 19.5 Å². The first-order valence-electron chi connectivity index (χ1n) is 17.7. The Morgan fingerprint density at radius 2 is 1.60 bits per heavy atom. The summed E-state index contributed by atoms with van der Waals surface area (Å²) in [6.07, 6.45) is 3.91. The fourth-order valence-corrected chi connectivity index (χ4v) is 4.72. The first-order chi connectivity index (χ1) is 25.1. The molecule has 9 nitrogen and oxygen atoms in total. The van der Waals surface area contributed by atoms with Crippen LogP contribution in [0.25, 0.3) is 11.1 Å². The highest BCUT2D eigenvalue weighted by molar-refractivity contribution is 6.32. The summed E-state index contributed by atoms with van der Waals surface area (Å²) in [5.74, 6) is 1.40. The number of rotatable bonds is 13. The summed E-state index contributed by atoms with van der Waals surface area (Å²) < 4.78 is 23.2. The van der Waals surface area contributed by atoms with Crippen LogP contribution in [-0.4, -0.2) is 36.1 Å². The maximum Gasteiger partial charge on any atom is 0.407 e.